The summed E-state index contributed by atoms with van der Waals surface area (Å²) in [5.41, 5.74) is 3.69. The lowest BCUT2D eigenvalue weighted by atomic mass is 10.2. The van der Waals surface area contributed by atoms with E-state index in [9.17, 15) is 9.59 Å². The molecule has 2 amide bonds. The van der Waals surface area contributed by atoms with Gasteiger partial charge >= 0.3 is 0 Å². The van der Waals surface area contributed by atoms with Gasteiger partial charge in [0.15, 0.2) is 0 Å². The predicted octanol–water partition coefficient (Wildman–Crippen LogP) is 3.28. The van der Waals surface area contributed by atoms with Crippen LogP contribution < -0.4 is 5.32 Å². The third-order valence-electron chi connectivity index (χ3n) is 4.64. The number of amides is 2. The van der Waals surface area contributed by atoms with E-state index in [1.54, 1.807) is 0 Å². The summed E-state index contributed by atoms with van der Waals surface area (Å²) in [6, 6.07) is 17.7. The Morgan fingerprint density at radius 2 is 1.90 bits per heavy atom. The van der Waals surface area contributed by atoms with Crippen molar-refractivity contribution in [2.45, 2.75) is 13.8 Å². The number of anilines is 1. The number of aromatic nitrogens is 2. The van der Waals surface area contributed by atoms with Crippen LogP contribution in [0.1, 0.15) is 12.5 Å². The summed E-state index contributed by atoms with van der Waals surface area (Å²) in [5, 5.41) is 2.86. The van der Waals surface area contributed by atoms with Crippen LogP contribution >= 0.6 is 0 Å². The molecule has 0 saturated carbocycles. The van der Waals surface area contributed by atoms with Gasteiger partial charge in [-0.1, -0.05) is 42.5 Å². The number of methoxy groups -OCH3 is 1. The monoisotopic (exact) mass is 406 g/mol. The van der Waals surface area contributed by atoms with Crippen molar-refractivity contribution in [1.29, 1.82) is 0 Å². The van der Waals surface area contributed by atoms with Crippen LogP contribution in [0, 0.1) is 6.92 Å². The number of ether oxygens (including phenoxy) is 1. The van der Waals surface area contributed by atoms with Crippen molar-refractivity contribution in [2.24, 2.45) is 0 Å². The Morgan fingerprint density at radius 1 is 1.13 bits per heavy atom. The third kappa shape index (κ3) is 5.12. The van der Waals surface area contributed by atoms with Crippen molar-refractivity contribution in [3.8, 4) is 16.9 Å². The van der Waals surface area contributed by atoms with Gasteiger partial charge in [-0.2, -0.15) is 0 Å². The maximum atomic E-state index is 12.7. The van der Waals surface area contributed by atoms with Crippen LogP contribution in [0.4, 0.5) is 5.95 Å². The largest absolute Gasteiger partial charge is 0.375 e. The van der Waals surface area contributed by atoms with Gasteiger partial charge in [0.1, 0.15) is 13.2 Å². The third-order valence-corrected chi connectivity index (χ3v) is 4.64. The number of nitrogens with zero attached hydrogens (tertiary/aromatic N) is 3. The first kappa shape index (κ1) is 21.3. The molecule has 30 heavy (non-hydrogen) atoms. The van der Waals surface area contributed by atoms with Gasteiger partial charge in [0.05, 0.1) is 5.69 Å². The van der Waals surface area contributed by atoms with E-state index in [4.69, 9.17) is 4.74 Å². The molecule has 0 aliphatic rings. The second kappa shape index (κ2) is 9.84. The molecule has 1 N–H and O–H groups in total. The Labute approximate surface area is 176 Å². The minimum Gasteiger partial charge on any atom is -0.375 e. The number of benzene rings is 2. The molecule has 0 aliphatic carbocycles. The lowest BCUT2D eigenvalue weighted by molar-refractivity contribution is -0.137. The minimum atomic E-state index is -0.319. The Balaban J connectivity index is 1.89. The van der Waals surface area contributed by atoms with E-state index >= 15 is 0 Å². The maximum Gasteiger partial charge on any atom is 0.249 e. The SMILES string of the molecule is CCN(CC(=O)Nc1nc(-c2ccccc2)cn1-c1cccc(C)c1)C(=O)COC. The molecule has 0 spiro atoms. The summed E-state index contributed by atoms with van der Waals surface area (Å²) < 4.78 is 6.74. The topological polar surface area (TPSA) is 76.5 Å². The molecular weight excluding hydrogens is 380 g/mol. The van der Waals surface area contributed by atoms with Crippen LogP contribution in [0.3, 0.4) is 0 Å². The second-order valence-corrected chi connectivity index (χ2v) is 6.91. The van der Waals surface area contributed by atoms with E-state index in [1.165, 1.54) is 12.0 Å². The maximum absolute atomic E-state index is 12.7. The smallest absolute Gasteiger partial charge is 0.249 e. The molecule has 0 fully saturated rings. The highest BCUT2D eigenvalue weighted by Crippen LogP contribution is 2.24. The van der Waals surface area contributed by atoms with Crippen molar-refractivity contribution < 1.29 is 14.3 Å². The fourth-order valence-electron chi connectivity index (χ4n) is 3.12. The number of carbonyl (C=O) groups is 2. The van der Waals surface area contributed by atoms with Gasteiger partial charge in [0, 0.05) is 31.1 Å². The fourth-order valence-corrected chi connectivity index (χ4v) is 3.12. The number of hydrogen-bond donors (Lipinski definition) is 1. The van der Waals surface area contributed by atoms with Gasteiger partial charge in [-0.3, -0.25) is 19.5 Å². The summed E-state index contributed by atoms with van der Waals surface area (Å²) in [4.78, 5) is 30.8. The minimum absolute atomic E-state index is 0.0583. The van der Waals surface area contributed by atoms with E-state index < -0.39 is 0 Å². The molecule has 0 atom stereocenters. The lowest BCUT2D eigenvalue weighted by Crippen LogP contribution is -2.39. The van der Waals surface area contributed by atoms with Crippen LogP contribution in [-0.2, 0) is 14.3 Å². The zero-order valence-corrected chi connectivity index (χ0v) is 17.5. The Kier molecular flexibility index (Phi) is 6.98. The summed E-state index contributed by atoms with van der Waals surface area (Å²) in [6.07, 6.45) is 1.90. The predicted molar refractivity (Wildman–Crippen MR) is 116 cm³/mol. The quantitative estimate of drug-likeness (QED) is 0.623. The first-order valence-electron chi connectivity index (χ1n) is 9.80. The van der Waals surface area contributed by atoms with Gasteiger partial charge < -0.3 is 9.64 Å². The fraction of sp³-hybridized carbons (Fsp3) is 0.261. The van der Waals surface area contributed by atoms with Gasteiger partial charge in [-0.05, 0) is 31.5 Å². The highest BCUT2D eigenvalue weighted by atomic mass is 16.5. The van der Waals surface area contributed by atoms with Crippen LogP contribution in [-0.4, -0.2) is 53.1 Å². The molecule has 0 saturated heterocycles. The second-order valence-electron chi connectivity index (χ2n) is 6.91. The van der Waals surface area contributed by atoms with Crippen LogP contribution in [0.15, 0.2) is 60.8 Å². The molecule has 3 aromatic rings. The number of carbonyl (C=O) groups excluding carboxylic acids is 2. The van der Waals surface area contributed by atoms with E-state index in [0.717, 1.165) is 22.5 Å². The average molecular weight is 406 g/mol. The number of imidazole rings is 1. The van der Waals surface area contributed by atoms with E-state index in [0.29, 0.717) is 12.5 Å². The molecule has 3 rings (SSSR count). The average Bonchev–Trinajstić information content (AvgIpc) is 3.16. The molecule has 0 aliphatic heterocycles. The molecule has 0 radical (unpaired) electrons. The van der Waals surface area contributed by atoms with Crippen molar-refractivity contribution in [3.05, 3.63) is 66.4 Å². The first-order chi connectivity index (χ1) is 14.5. The number of hydrogen-bond acceptors (Lipinski definition) is 4. The van der Waals surface area contributed by atoms with E-state index in [2.05, 4.69) is 10.3 Å². The van der Waals surface area contributed by atoms with Gasteiger partial charge in [-0.25, -0.2) is 4.98 Å². The normalized spacial score (nSPS) is 10.6. The van der Waals surface area contributed by atoms with Gasteiger partial charge in [0.25, 0.3) is 0 Å². The summed E-state index contributed by atoms with van der Waals surface area (Å²) in [7, 11) is 1.45. The summed E-state index contributed by atoms with van der Waals surface area (Å²) in [6.45, 7) is 4.12. The van der Waals surface area contributed by atoms with Crippen molar-refractivity contribution in [2.75, 3.05) is 32.1 Å². The highest BCUT2D eigenvalue weighted by molar-refractivity contribution is 5.94. The van der Waals surface area contributed by atoms with Crippen LogP contribution in [0.5, 0.6) is 0 Å². The number of rotatable bonds is 8. The molecule has 1 aromatic heterocycles. The Morgan fingerprint density at radius 3 is 2.57 bits per heavy atom. The van der Waals surface area contributed by atoms with Crippen molar-refractivity contribution >= 4 is 17.8 Å². The van der Waals surface area contributed by atoms with Gasteiger partial charge in [0.2, 0.25) is 17.8 Å². The summed E-state index contributed by atoms with van der Waals surface area (Å²) in [5.74, 6) is -0.151. The summed E-state index contributed by atoms with van der Waals surface area (Å²) >= 11 is 0. The molecule has 7 heteroatoms. The number of likely N-dealkylation sites (N-methyl/N-ethyl adjacent to an activating group) is 1. The Hall–Kier alpha value is -3.45. The molecule has 0 bridgehead atoms. The molecule has 7 nitrogen and oxygen atoms in total. The first-order valence-corrected chi connectivity index (χ1v) is 9.80. The molecular formula is C23H26N4O3. The van der Waals surface area contributed by atoms with Crippen LogP contribution in [0.25, 0.3) is 16.9 Å². The number of nitrogens with one attached hydrogen (secondary N) is 1. The van der Waals surface area contributed by atoms with Gasteiger partial charge in [-0.15, -0.1) is 0 Å². The Bertz CT molecular complexity index is 1010. The number of aryl methyl sites for hydroxylation is 1. The van der Waals surface area contributed by atoms with Crippen molar-refractivity contribution in [3.63, 3.8) is 0 Å². The standard InChI is InChI=1S/C23H26N4O3/c1-4-26(22(29)16-30-3)15-21(28)25-23-24-20(18-10-6-5-7-11-18)14-27(23)19-12-8-9-17(2)13-19/h5-14H,4,15-16H2,1-3H3,(H,24,25,28). The molecule has 2 aromatic carbocycles. The van der Waals surface area contributed by atoms with E-state index in [1.807, 2.05) is 79.2 Å². The lowest BCUT2D eigenvalue weighted by Gasteiger charge is -2.20. The van der Waals surface area contributed by atoms with Crippen LogP contribution in [0.2, 0.25) is 0 Å². The zero-order chi connectivity index (χ0) is 21.5. The molecule has 1 heterocycles. The van der Waals surface area contributed by atoms with E-state index in [-0.39, 0.29) is 25.0 Å². The van der Waals surface area contributed by atoms with Crippen molar-refractivity contribution in [1.82, 2.24) is 14.5 Å². The molecule has 0 unspecified atom stereocenters. The molecule has 156 valence electrons. The zero-order valence-electron chi connectivity index (χ0n) is 17.5. The highest BCUT2D eigenvalue weighted by Gasteiger charge is 2.18.